The zero-order valence-electron chi connectivity index (χ0n) is 10.5. The van der Waals surface area contributed by atoms with Crippen molar-refractivity contribution < 1.29 is 27.9 Å². The predicted octanol–water partition coefficient (Wildman–Crippen LogP) is 2.37. The first kappa shape index (κ1) is 14.8. The van der Waals surface area contributed by atoms with Gasteiger partial charge in [-0.15, -0.1) is 11.3 Å². The predicted molar refractivity (Wildman–Crippen MR) is 65.9 cm³/mol. The summed E-state index contributed by atoms with van der Waals surface area (Å²) in [4.78, 5) is 23.8. The summed E-state index contributed by atoms with van der Waals surface area (Å²) in [5.74, 6) is -3.14. The van der Waals surface area contributed by atoms with Crippen molar-refractivity contribution in [1.82, 2.24) is 5.32 Å². The Kier molecular flexibility index (Phi) is 3.53. The Bertz CT molecular complexity index is 545. The van der Waals surface area contributed by atoms with E-state index in [1.54, 1.807) is 11.4 Å². The number of fused-ring (bicyclic) bond motifs is 1. The summed E-state index contributed by atoms with van der Waals surface area (Å²) in [7, 11) is 0. The van der Waals surface area contributed by atoms with Crippen molar-refractivity contribution in [3.8, 4) is 0 Å². The van der Waals surface area contributed by atoms with E-state index >= 15 is 0 Å². The van der Waals surface area contributed by atoms with Gasteiger partial charge in [-0.05, 0) is 37.8 Å². The lowest BCUT2D eigenvalue weighted by Crippen LogP contribution is -2.61. The monoisotopic (exact) mass is 307 g/mol. The molecule has 4 nitrogen and oxygen atoms in total. The molecular formula is C12H12F3NO3S. The highest BCUT2D eigenvalue weighted by atomic mass is 32.1. The van der Waals surface area contributed by atoms with E-state index in [2.05, 4.69) is 0 Å². The van der Waals surface area contributed by atoms with Gasteiger partial charge in [0.2, 0.25) is 5.54 Å². The number of carbonyl (C=O) groups excluding carboxylic acids is 1. The van der Waals surface area contributed by atoms with Crippen molar-refractivity contribution in [1.29, 1.82) is 0 Å². The molecule has 8 heteroatoms. The molecule has 2 N–H and O–H groups in total. The summed E-state index contributed by atoms with van der Waals surface area (Å²) in [6, 6.07) is 1.54. The third kappa shape index (κ3) is 2.39. The summed E-state index contributed by atoms with van der Waals surface area (Å²) >= 11 is 1.12. The first-order chi connectivity index (χ1) is 9.15. The standard InChI is InChI=1S/C12H12F3NO3S/c1-11(10(18)19,12(13,14)15)16-9(17)8-5-6-3-2-4-7(6)20-8/h5H,2-4H2,1H3,(H,16,17)(H,18,19). The van der Waals surface area contributed by atoms with Crippen LogP contribution in [0.1, 0.15) is 33.5 Å². The van der Waals surface area contributed by atoms with Gasteiger partial charge >= 0.3 is 12.1 Å². The van der Waals surface area contributed by atoms with Crippen LogP contribution in [0.4, 0.5) is 13.2 Å². The molecule has 0 saturated carbocycles. The number of nitrogens with one attached hydrogen (secondary N) is 1. The number of aryl methyl sites for hydroxylation is 2. The molecule has 1 aliphatic carbocycles. The number of thiophene rings is 1. The van der Waals surface area contributed by atoms with Crippen LogP contribution >= 0.6 is 11.3 Å². The molecule has 0 radical (unpaired) electrons. The largest absolute Gasteiger partial charge is 0.479 e. The van der Waals surface area contributed by atoms with Crippen LogP contribution < -0.4 is 5.32 Å². The van der Waals surface area contributed by atoms with Gasteiger partial charge in [0.15, 0.2) is 0 Å². The highest BCUT2D eigenvalue weighted by molar-refractivity contribution is 7.14. The third-order valence-electron chi connectivity index (χ3n) is 3.33. The van der Waals surface area contributed by atoms with Crippen molar-refractivity contribution in [3.05, 3.63) is 21.4 Å². The molecule has 0 saturated heterocycles. The molecule has 0 fully saturated rings. The molecule has 1 aromatic rings. The van der Waals surface area contributed by atoms with Crippen molar-refractivity contribution in [2.45, 2.75) is 37.9 Å². The fourth-order valence-corrected chi connectivity index (χ4v) is 3.12. The van der Waals surface area contributed by atoms with E-state index in [4.69, 9.17) is 5.11 Å². The van der Waals surface area contributed by atoms with Crippen molar-refractivity contribution in [3.63, 3.8) is 0 Å². The number of alkyl halides is 3. The van der Waals surface area contributed by atoms with Crippen LogP contribution in [0.3, 0.4) is 0 Å². The highest BCUT2D eigenvalue weighted by Crippen LogP contribution is 2.33. The van der Waals surface area contributed by atoms with Crippen molar-refractivity contribution in [2.24, 2.45) is 0 Å². The lowest BCUT2D eigenvalue weighted by molar-refractivity contribution is -0.203. The molecule has 1 aromatic heterocycles. The van der Waals surface area contributed by atoms with E-state index in [1.807, 2.05) is 0 Å². The van der Waals surface area contributed by atoms with Crippen LogP contribution in [-0.4, -0.2) is 28.7 Å². The van der Waals surface area contributed by atoms with E-state index in [0.29, 0.717) is 6.92 Å². The summed E-state index contributed by atoms with van der Waals surface area (Å²) < 4.78 is 38.4. The van der Waals surface area contributed by atoms with Gasteiger partial charge in [-0.25, -0.2) is 4.79 Å². The second-order valence-corrected chi connectivity index (χ2v) is 5.93. The first-order valence-corrected chi connectivity index (χ1v) is 6.71. The summed E-state index contributed by atoms with van der Waals surface area (Å²) in [5, 5.41) is 10.3. The van der Waals surface area contributed by atoms with Crippen molar-refractivity contribution >= 4 is 23.2 Å². The number of aliphatic carboxylic acids is 1. The molecule has 1 aliphatic rings. The van der Waals surface area contributed by atoms with Crippen LogP contribution in [0.15, 0.2) is 6.07 Å². The minimum Gasteiger partial charge on any atom is -0.479 e. The SMILES string of the molecule is CC(NC(=O)c1cc2c(s1)CCC2)(C(=O)O)C(F)(F)F. The number of hydrogen-bond acceptors (Lipinski definition) is 3. The maximum atomic E-state index is 12.8. The molecule has 110 valence electrons. The second kappa shape index (κ2) is 4.76. The highest BCUT2D eigenvalue weighted by Gasteiger charge is 2.58. The molecule has 0 spiro atoms. The van der Waals surface area contributed by atoms with Gasteiger partial charge in [0.25, 0.3) is 5.91 Å². The lowest BCUT2D eigenvalue weighted by Gasteiger charge is -2.28. The first-order valence-electron chi connectivity index (χ1n) is 5.89. The molecule has 1 atom stereocenters. The Balaban J connectivity index is 2.23. The molecule has 0 bridgehead atoms. The molecule has 2 rings (SSSR count). The van der Waals surface area contributed by atoms with Gasteiger partial charge in [-0.3, -0.25) is 4.79 Å². The van der Waals surface area contributed by atoms with Gasteiger partial charge in [0.05, 0.1) is 4.88 Å². The molecular weight excluding hydrogens is 295 g/mol. The molecule has 0 aromatic carbocycles. The van der Waals surface area contributed by atoms with E-state index < -0.39 is 23.6 Å². The zero-order valence-corrected chi connectivity index (χ0v) is 11.3. The number of carboxylic acid groups (broad SMARTS) is 1. The quantitative estimate of drug-likeness (QED) is 0.901. The van der Waals surface area contributed by atoms with Gasteiger partial charge in [0, 0.05) is 4.88 Å². The maximum absolute atomic E-state index is 12.8. The van der Waals surface area contributed by atoms with Crippen LogP contribution in [0.2, 0.25) is 0 Å². The summed E-state index contributed by atoms with van der Waals surface area (Å²) in [6.45, 7) is 0.439. The zero-order chi connectivity index (χ0) is 15.1. The molecule has 0 aliphatic heterocycles. The van der Waals surface area contributed by atoms with E-state index in [-0.39, 0.29) is 4.88 Å². The van der Waals surface area contributed by atoms with Crippen LogP contribution in [-0.2, 0) is 17.6 Å². The Morgan fingerprint density at radius 3 is 2.50 bits per heavy atom. The van der Waals surface area contributed by atoms with E-state index in [1.165, 1.54) is 0 Å². The normalized spacial score (nSPS) is 17.4. The molecule has 1 heterocycles. The van der Waals surface area contributed by atoms with Gasteiger partial charge in [0.1, 0.15) is 0 Å². The third-order valence-corrected chi connectivity index (χ3v) is 4.56. The Hall–Kier alpha value is -1.57. The van der Waals surface area contributed by atoms with Gasteiger partial charge < -0.3 is 10.4 Å². The average Bonchev–Trinajstić information content (AvgIpc) is 2.86. The number of hydrogen-bond donors (Lipinski definition) is 2. The Labute approximate surface area is 116 Å². The summed E-state index contributed by atoms with van der Waals surface area (Å²) in [5.41, 5.74) is -2.33. The molecule has 20 heavy (non-hydrogen) atoms. The maximum Gasteiger partial charge on any atom is 0.422 e. The van der Waals surface area contributed by atoms with Gasteiger partial charge in [-0.2, -0.15) is 13.2 Å². The lowest BCUT2D eigenvalue weighted by atomic mass is 10.0. The van der Waals surface area contributed by atoms with Crippen molar-refractivity contribution in [2.75, 3.05) is 0 Å². The Morgan fingerprint density at radius 1 is 1.35 bits per heavy atom. The number of amides is 1. The topological polar surface area (TPSA) is 66.4 Å². The number of halogens is 3. The summed E-state index contributed by atoms with van der Waals surface area (Å²) in [6.07, 6.45) is -2.50. The number of carbonyl (C=O) groups is 2. The Morgan fingerprint density at radius 2 is 2.00 bits per heavy atom. The number of rotatable bonds is 3. The second-order valence-electron chi connectivity index (χ2n) is 4.79. The fourth-order valence-electron chi connectivity index (χ4n) is 1.98. The fraction of sp³-hybridized carbons (Fsp3) is 0.500. The number of carboxylic acids is 1. The molecule has 1 unspecified atom stereocenters. The minimum atomic E-state index is -5.07. The van der Waals surface area contributed by atoms with Crippen LogP contribution in [0, 0.1) is 0 Å². The average molecular weight is 307 g/mol. The van der Waals surface area contributed by atoms with Gasteiger partial charge in [-0.1, -0.05) is 0 Å². The van der Waals surface area contributed by atoms with Crippen LogP contribution in [0.5, 0.6) is 0 Å². The smallest absolute Gasteiger partial charge is 0.422 e. The minimum absolute atomic E-state index is 0.117. The van der Waals surface area contributed by atoms with E-state index in [9.17, 15) is 22.8 Å². The molecule has 1 amide bonds. The van der Waals surface area contributed by atoms with Crippen LogP contribution in [0.25, 0.3) is 0 Å². The van der Waals surface area contributed by atoms with E-state index in [0.717, 1.165) is 41.0 Å².